The quantitative estimate of drug-likeness (QED) is 0.911. The predicted octanol–water partition coefficient (Wildman–Crippen LogP) is 2.71. The number of hydrogen-bond acceptors (Lipinski definition) is 2. The molecule has 0 spiro atoms. The number of aromatic nitrogens is 2. The van der Waals surface area contributed by atoms with E-state index in [0.29, 0.717) is 5.02 Å². The average molecular weight is 251 g/mol. The molecule has 0 aliphatic rings. The van der Waals surface area contributed by atoms with Gasteiger partial charge in [0.05, 0.1) is 22.8 Å². The van der Waals surface area contributed by atoms with Gasteiger partial charge < -0.3 is 5.11 Å². The summed E-state index contributed by atoms with van der Waals surface area (Å²) in [5, 5.41) is 13.5. The first-order valence-corrected chi connectivity index (χ1v) is 5.49. The van der Waals surface area contributed by atoms with E-state index in [4.69, 9.17) is 16.7 Å². The molecule has 0 fully saturated rings. The zero-order valence-corrected chi connectivity index (χ0v) is 9.93. The second kappa shape index (κ2) is 4.59. The molecule has 2 aromatic rings. The highest BCUT2D eigenvalue weighted by Crippen LogP contribution is 2.18. The van der Waals surface area contributed by atoms with Gasteiger partial charge in [-0.25, -0.2) is 4.68 Å². The number of nitrogens with zero attached hydrogens (tertiary/aromatic N) is 2. The number of hydrogen-bond donors (Lipinski definition) is 1. The summed E-state index contributed by atoms with van der Waals surface area (Å²) < 4.78 is 1.64. The molecule has 1 aromatic carbocycles. The minimum absolute atomic E-state index is 0.509. The molecular formula is C12H11ClN2O2. The van der Waals surface area contributed by atoms with Crippen molar-refractivity contribution >= 4 is 17.6 Å². The van der Waals surface area contributed by atoms with Crippen molar-refractivity contribution in [1.29, 1.82) is 0 Å². The second-order valence-electron chi connectivity index (χ2n) is 3.75. The normalized spacial score (nSPS) is 12.4. The van der Waals surface area contributed by atoms with E-state index in [0.717, 1.165) is 11.3 Å². The smallest absolute Gasteiger partial charge is 0.310 e. The number of benzene rings is 1. The number of halogens is 1. The van der Waals surface area contributed by atoms with Crippen LogP contribution in [0.2, 0.25) is 5.02 Å². The van der Waals surface area contributed by atoms with Crippen molar-refractivity contribution in [2.24, 2.45) is 0 Å². The fourth-order valence-corrected chi connectivity index (χ4v) is 1.64. The fourth-order valence-electron chi connectivity index (χ4n) is 1.50. The maximum atomic E-state index is 10.8. The topological polar surface area (TPSA) is 55.1 Å². The summed E-state index contributed by atoms with van der Waals surface area (Å²) in [6.07, 6.45) is 3.24. The molecular weight excluding hydrogens is 240 g/mol. The lowest BCUT2D eigenvalue weighted by atomic mass is 10.0. The van der Waals surface area contributed by atoms with Crippen molar-refractivity contribution in [2.45, 2.75) is 12.8 Å². The second-order valence-corrected chi connectivity index (χ2v) is 4.19. The minimum atomic E-state index is -0.833. The molecule has 2 rings (SSSR count). The number of carboxylic acids is 1. The number of carbonyl (C=O) groups is 1. The van der Waals surface area contributed by atoms with E-state index in [2.05, 4.69) is 5.10 Å². The molecule has 0 aliphatic carbocycles. The van der Waals surface area contributed by atoms with Gasteiger partial charge in [0.15, 0.2) is 0 Å². The van der Waals surface area contributed by atoms with Gasteiger partial charge in [-0.1, -0.05) is 23.7 Å². The summed E-state index contributed by atoms with van der Waals surface area (Å²) in [5.74, 6) is -1.34. The third-order valence-electron chi connectivity index (χ3n) is 2.58. The summed E-state index contributed by atoms with van der Waals surface area (Å²) in [5.41, 5.74) is 1.61. The van der Waals surface area contributed by atoms with Gasteiger partial charge in [0.1, 0.15) is 0 Å². The van der Waals surface area contributed by atoms with E-state index in [1.165, 1.54) is 0 Å². The lowest BCUT2D eigenvalue weighted by molar-refractivity contribution is -0.138. The first-order valence-electron chi connectivity index (χ1n) is 5.11. The Labute approximate surface area is 103 Å². The van der Waals surface area contributed by atoms with Crippen LogP contribution in [0.4, 0.5) is 0 Å². The zero-order chi connectivity index (χ0) is 12.4. The van der Waals surface area contributed by atoms with Gasteiger partial charge in [-0.2, -0.15) is 5.10 Å². The molecule has 5 heteroatoms. The Hall–Kier alpha value is -1.81. The van der Waals surface area contributed by atoms with Crippen molar-refractivity contribution in [3.05, 3.63) is 47.2 Å². The van der Waals surface area contributed by atoms with Crippen molar-refractivity contribution in [2.75, 3.05) is 0 Å². The van der Waals surface area contributed by atoms with Gasteiger partial charge in [-0.05, 0) is 24.6 Å². The van der Waals surface area contributed by atoms with Crippen LogP contribution in [0.3, 0.4) is 0 Å². The summed E-state index contributed by atoms with van der Waals surface area (Å²) in [6.45, 7) is 1.65. The Balaban J connectivity index is 2.27. The molecule has 1 unspecified atom stereocenters. The van der Waals surface area contributed by atoms with E-state index in [9.17, 15) is 4.79 Å². The molecule has 0 saturated heterocycles. The molecule has 88 valence electrons. The summed E-state index contributed by atoms with van der Waals surface area (Å²) in [4.78, 5) is 10.8. The van der Waals surface area contributed by atoms with Gasteiger partial charge in [0.25, 0.3) is 0 Å². The average Bonchev–Trinajstić information content (AvgIpc) is 2.75. The largest absolute Gasteiger partial charge is 0.481 e. The van der Waals surface area contributed by atoms with Gasteiger partial charge in [-0.3, -0.25) is 4.79 Å². The summed E-state index contributed by atoms with van der Waals surface area (Å²) in [7, 11) is 0. The van der Waals surface area contributed by atoms with Crippen LogP contribution in [0.1, 0.15) is 18.4 Å². The Morgan fingerprint density at radius 3 is 2.53 bits per heavy atom. The first-order chi connectivity index (χ1) is 8.08. The van der Waals surface area contributed by atoms with Crippen molar-refractivity contribution in [3.8, 4) is 5.69 Å². The third-order valence-corrected chi connectivity index (χ3v) is 2.77. The molecule has 0 saturated carbocycles. The van der Waals surface area contributed by atoms with Crippen LogP contribution in [0.25, 0.3) is 5.69 Å². The molecule has 17 heavy (non-hydrogen) atoms. The maximum absolute atomic E-state index is 10.8. The Morgan fingerprint density at radius 2 is 2.06 bits per heavy atom. The summed E-state index contributed by atoms with van der Waals surface area (Å²) in [6, 6.07) is 7.20. The highest BCUT2D eigenvalue weighted by Gasteiger charge is 2.13. The predicted molar refractivity (Wildman–Crippen MR) is 64.6 cm³/mol. The van der Waals surface area contributed by atoms with E-state index < -0.39 is 11.9 Å². The third kappa shape index (κ3) is 2.47. The van der Waals surface area contributed by atoms with Crippen LogP contribution >= 0.6 is 11.6 Å². The zero-order valence-electron chi connectivity index (χ0n) is 9.17. The van der Waals surface area contributed by atoms with Crippen molar-refractivity contribution < 1.29 is 9.90 Å². The van der Waals surface area contributed by atoms with E-state index in [1.54, 1.807) is 36.1 Å². The SMILES string of the molecule is CC(C(=O)O)c1ccc(-n2cc(Cl)cn2)cc1. The number of aliphatic carboxylic acids is 1. The standard InChI is InChI=1S/C12H11ClN2O2/c1-8(12(16)17)9-2-4-11(5-3-9)15-7-10(13)6-14-15/h2-8H,1H3,(H,16,17). The molecule has 1 N–H and O–H groups in total. The van der Waals surface area contributed by atoms with E-state index in [-0.39, 0.29) is 0 Å². The van der Waals surface area contributed by atoms with Crippen LogP contribution in [-0.2, 0) is 4.79 Å². The lowest BCUT2D eigenvalue weighted by Crippen LogP contribution is -2.07. The van der Waals surface area contributed by atoms with Gasteiger partial charge >= 0.3 is 5.97 Å². The molecule has 0 amide bonds. The van der Waals surface area contributed by atoms with Crippen LogP contribution in [-0.4, -0.2) is 20.9 Å². The monoisotopic (exact) mass is 250 g/mol. The Kier molecular flexibility index (Phi) is 3.15. The highest BCUT2D eigenvalue weighted by molar-refractivity contribution is 6.30. The van der Waals surface area contributed by atoms with Crippen LogP contribution in [0.5, 0.6) is 0 Å². The minimum Gasteiger partial charge on any atom is -0.481 e. The van der Waals surface area contributed by atoms with Gasteiger partial charge in [-0.15, -0.1) is 0 Å². The van der Waals surface area contributed by atoms with Gasteiger partial charge in [0, 0.05) is 6.20 Å². The van der Waals surface area contributed by atoms with Crippen LogP contribution < -0.4 is 0 Å². The molecule has 0 aliphatic heterocycles. The van der Waals surface area contributed by atoms with E-state index >= 15 is 0 Å². The fraction of sp³-hybridized carbons (Fsp3) is 0.167. The van der Waals surface area contributed by atoms with Crippen LogP contribution in [0.15, 0.2) is 36.7 Å². The van der Waals surface area contributed by atoms with Crippen molar-refractivity contribution in [3.63, 3.8) is 0 Å². The van der Waals surface area contributed by atoms with Crippen LogP contribution in [0, 0.1) is 0 Å². The molecule has 1 aromatic heterocycles. The maximum Gasteiger partial charge on any atom is 0.310 e. The Morgan fingerprint density at radius 1 is 1.41 bits per heavy atom. The molecule has 1 heterocycles. The molecule has 4 nitrogen and oxygen atoms in total. The molecule has 1 atom stereocenters. The van der Waals surface area contributed by atoms with Gasteiger partial charge in [0.2, 0.25) is 0 Å². The lowest BCUT2D eigenvalue weighted by Gasteiger charge is -2.07. The molecule has 0 radical (unpaired) electrons. The number of rotatable bonds is 3. The number of carboxylic acid groups (broad SMARTS) is 1. The van der Waals surface area contributed by atoms with E-state index in [1.807, 2.05) is 12.1 Å². The molecule has 0 bridgehead atoms. The Bertz CT molecular complexity index is 534. The highest BCUT2D eigenvalue weighted by atomic mass is 35.5. The first kappa shape index (κ1) is 11.7. The van der Waals surface area contributed by atoms with Crippen molar-refractivity contribution in [1.82, 2.24) is 9.78 Å². The summed E-state index contributed by atoms with van der Waals surface area (Å²) >= 11 is 5.77.